The molecular formula is C16H17BrN2O2. The van der Waals surface area contributed by atoms with Crippen LogP contribution < -0.4 is 15.8 Å². The molecule has 5 heteroatoms. The Kier molecular flexibility index (Phi) is 5.36. The third-order valence-corrected chi connectivity index (χ3v) is 3.79. The highest BCUT2D eigenvalue weighted by molar-refractivity contribution is 9.10. The molecule has 1 amide bonds. The van der Waals surface area contributed by atoms with Crippen molar-refractivity contribution >= 4 is 27.5 Å². The first-order chi connectivity index (χ1) is 10.2. The van der Waals surface area contributed by atoms with Gasteiger partial charge in [0.2, 0.25) is 5.91 Å². The Morgan fingerprint density at radius 3 is 2.57 bits per heavy atom. The zero-order valence-corrected chi connectivity index (χ0v) is 13.3. The molecule has 0 heterocycles. The number of ether oxygens (including phenoxy) is 1. The van der Waals surface area contributed by atoms with Gasteiger partial charge >= 0.3 is 0 Å². The Hall–Kier alpha value is -1.85. The SMILES string of the molecule is COc1ccc(NC(=O)C(CN)c2ccccc2)cc1Br. The van der Waals surface area contributed by atoms with E-state index in [4.69, 9.17) is 10.5 Å². The molecule has 0 fully saturated rings. The minimum atomic E-state index is -0.368. The molecule has 2 aromatic rings. The lowest BCUT2D eigenvalue weighted by Crippen LogP contribution is -2.27. The summed E-state index contributed by atoms with van der Waals surface area (Å²) in [5, 5.41) is 2.88. The van der Waals surface area contributed by atoms with Crippen molar-refractivity contribution in [3.63, 3.8) is 0 Å². The van der Waals surface area contributed by atoms with Crippen LogP contribution in [0.1, 0.15) is 11.5 Å². The maximum absolute atomic E-state index is 12.4. The lowest BCUT2D eigenvalue weighted by atomic mass is 9.98. The molecule has 2 aromatic carbocycles. The molecule has 0 saturated heterocycles. The molecule has 3 N–H and O–H groups in total. The highest BCUT2D eigenvalue weighted by Crippen LogP contribution is 2.28. The first kappa shape index (κ1) is 15.5. The highest BCUT2D eigenvalue weighted by atomic mass is 79.9. The second kappa shape index (κ2) is 7.24. The minimum Gasteiger partial charge on any atom is -0.496 e. The number of halogens is 1. The van der Waals surface area contributed by atoms with Gasteiger partial charge in [-0.3, -0.25) is 4.79 Å². The van der Waals surface area contributed by atoms with Crippen molar-refractivity contribution < 1.29 is 9.53 Å². The molecule has 110 valence electrons. The van der Waals surface area contributed by atoms with Crippen LogP contribution in [0.3, 0.4) is 0 Å². The van der Waals surface area contributed by atoms with Gasteiger partial charge in [-0.05, 0) is 39.7 Å². The number of benzene rings is 2. The summed E-state index contributed by atoms with van der Waals surface area (Å²) in [4.78, 5) is 12.4. The fraction of sp³-hybridized carbons (Fsp3) is 0.188. The van der Waals surface area contributed by atoms with E-state index in [0.717, 1.165) is 10.0 Å². The van der Waals surface area contributed by atoms with Gasteiger partial charge in [0, 0.05) is 12.2 Å². The van der Waals surface area contributed by atoms with E-state index in [1.165, 1.54) is 0 Å². The number of amides is 1. The molecule has 4 nitrogen and oxygen atoms in total. The van der Waals surface area contributed by atoms with Gasteiger partial charge in [-0.25, -0.2) is 0 Å². The topological polar surface area (TPSA) is 64.3 Å². The summed E-state index contributed by atoms with van der Waals surface area (Å²) in [6.07, 6.45) is 0. The van der Waals surface area contributed by atoms with Crippen LogP contribution >= 0.6 is 15.9 Å². The van der Waals surface area contributed by atoms with Crippen LogP contribution in [0, 0.1) is 0 Å². The molecule has 0 radical (unpaired) electrons. The first-order valence-corrected chi connectivity index (χ1v) is 7.34. The van der Waals surface area contributed by atoms with Crippen LogP contribution in [0.4, 0.5) is 5.69 Å². The van der Waals surface area contributed by atoms with Crippen molar-refractivity contribution in [2.24, 2.45) is 5.73 Å². The Labute approximate surface area is 132 Å². The van der Waals surface area contributed by atoms with E-state index >= 15 is 0 Å². The summed E-state index contributed by atoms with van der Waals surface area (Å²) in [7, 11) is 1.60. The number of carbonyl (C=O) groups excluding carboxylic acids is 1. The van der Waals surface area contributed by atoms with Crippen LogP contribution in [0.15, 0.2) is 53.0 Å². The molecule has 1 atom stereocenters. The summed E-state index contributed by atoms with van der Waals surface area (Å²) < 4.78 is 5.95. The summed E-state index contributed by atoms with van der Waals surface area (Å²) in [6, 6.07) is 14.9. The average Bonchev–Trinajstić information content (AvgIpc) is 2.49. The van der Waals surface area contributed by atoms with Crippen LogP contribution in [-0.4, -0.2) is 19.6 Å². The molecule has 1 unspecified atom stereocenters. The monoisotopic (exact) mass is 348 g/mol. The zero-order chi connectivity index (χ0) is 15.2. The van der Waals surface area contributed by atoms with Crippen molar-refractivity contribution in [3.05, 3.63) is 58.6 Å². The molecule has 0 aliphatic rings. The van der Waals surface area contributed by atoms with E-state index < -0.39 is 0 Å². The standard InChI is InChI=1S/C16H17BrN2O2/c1-21-15-8-7-12(9-14(15)17)19-16(20)13(10-18)11-5-3-2-4-6-11/h2-9,13H,10,18H2,1H3,(H,19,20). The van der Waals surface area contributed by atoms with Gasteiger partial charge in [-0.2, -0.15) is 0 Å². The van der Waals surface area contributed by atoms with Crippen molar-refractivity contribution in [3.8, 4) is 5.75 Å². The Balaban J connectivity index is 2.15. The predicted octanol–water partition coefficient (Wildman–Crippen LogP) is 3.14. The molecule has 0 spiro atoms. The van der Waals surface area contributed by atoms with E-state index in [0.29, 0.717) is 11.4 Å². The van der Waals surface area contributed by atoms with Crippen LogP contribution in [0.2, 0.25) is 0 Å². The summed E-state index contributed by atoms with van der Waals surface area (Å²) >= 11 is 3.40. The average molecular weight is 349 g/mol. The third-order valence-electron chi connectivity index (χ3n) is 3.17. The molecule has 21 heavy (non-hydrogen) atoms. The Morgan fingerprint density at radius 1 is 1.29 bits per heavy atom. The van der Waals surface area contributed by atoms with E-state index in [9.17, 15) is 4.79 Å². The summed E-state index contributed by atoms with van der Waals surface area (Å²) in [5.74, 6) is 0.222. The number of carbonyl (C=O) groups is 1. The fourth-order valence-electron chi connectivity index (χ4n) is 2.05. The second-order valence-corrected chi connectivity index (χ2v) is 5.39. The van der Waals surface area contributed by atoms with Crippen molar-refractivity contribution in [2.75, 3.05) is 19.0 Å². The van der Waals surface area contributed by atoms with Crippen molar-refractivity contribution in [1.29, 1.82) is 0 Å². The van der Waals surface area contributed by atoms with E-state index in [2.05, 4.69) is 21.2 Å². The number of nitrogens with two attached hydrogens (primary N) is 1. The fourth-order valence-corrected chi connectivity index (χ4v) is 2.59. The maximum atomic E-state index is 12.4. The quantitative estimate of drug-likeness (QED) is 0.872. The molecule has 0 saturated carbocycles. The van der Waals surface area contributed by atoms with Gasteiger partial charge in [0.1, 0.15) is 5.75 Å². The van der Waals surface area contributed by atoms with Gasteiger partial charge in [-0.15, -0.1) is 0 Å². The molecule has 2 rings (SSSR count). The summed E-state index contributed by atoms with van der Waals surface area (Å²) in [5.41, 5.74) is 7.35. The lowest BCUT2D eigenvalue weighted by Gasteiger charge is -2.16. The number of methoxy groups -OCH3 is 1. The van der Waals surface area contributed by atoms with Gasteiger partial charge in [-0.1, -0.05) is 30.3 Å². The Bertz CT molecular complexity index is 617. The zero-order valence-electron chi connectivity index (χ0n) is 11.7. The van der Waals surface area contributed by atoms with E-state index in [1.54, 1.807) is 25.3 Å². The maximum Gasteiger partial charge on any atom is 0.233 e. The van der Waals surface area contributed by atoms with Gasteiger partial charge in [0.05, 0.1) is 17.5 Å². The molecular weight excluding hydrogens is 332 g/mol. The molecule has 0 aromatic heterocycles. The normalized spacial score (nSPS) is 11.8. The smallest absolute Gasteiger partial charge is 0.233 e. The number of anilines is 1. The van der Waals surface area contributed by atoms with E-state index in [1.807, 2.05) is 30.3 Å². The second-order valence-electron chi connectivity index (χ2n) is 4.54. The molecule has 0 aliphatic carbocycles. The van der Waals surface area contributed by atoms with Crippen LogP contribution in [0.25, 0.3) is 0 Å². The third kappa shape index (κ3) is 3.83. The van der Waals surface area contributed by atoms with Gasteiger partial charge < -0.3 is 15.8 Å². The van der Waals surface area contributed by atoms with E-state index in [-0.39, 0.29) is 18.4 Å². The van der Waals surface area contributed by atoms with Gasteiger partial charge in [0.15, 0.2) is 0 Å². The number of hydrogen-bond donors (Lipinski definition) is 2. The van der Waals surface area contributed by atoms with Crippen molar-refractivity contribution in [1.82, 2.24) is 0 Å². The van der Waals surface area contributed by atoms with Crippen LogP contribution in [0.5, 0.6) is 5.75 Å². The first-order valence-electron chi connectivity index (χ1n) is 6.55. The largest absolute Gasteiger partial charge is 0.496 e. The predicted molar refractivity (Wildman–Crippen MR) is 87.6 cm³/mol. The minimum absolute atomic E-state index is 0.124. The highest BCUT2D eigenvalue weighted by Gasteiger charge is 2.19. The number of rotatable bonds is 5. The lowest BCUT2D eigenvalue weighted by molar-refractivity contribution is -0.117. The van der Waals surface area contributed by atoms with Crippen molar-refractivity contribution in [2.45, 2.75) is 5.92 Å². The number of hydrogen-bond acceptors (Lipinski definition) is 3. The molecule has 0 aliphatic heterocycles. The molecule has 0 bridgehead atoms. The summed E-state index contributed by atoms with van der Waals surface area (Å²) in [6.45, 7) is 0.257. The van der Waals surface area contributed by atoms with Crippen LogP contribution in [-0.2, 0) is 4.79 Å². The number of nitrogens with one attached hydrogen (secondary N) is 1. The van der Waals surface area contributed by atoms with Gasteiger partial charge in [0.25, 0.3) is 0 Å². The Morgan fingerprint density at radius 2 is 2.00 bits per heavy atom.